The van der Waals surface area contributed by atoms with Crippen molar-refractivity contribution in [1.82, 2.24) is 14.8 Å². The summed E-state index contributed by atoms with van der Waals surface area (Å²) in [7, 11) is 2.11. The summed E-state index contributed by atoms with van der Waals surface area (Å²) < 4.78 is 5.48. The van der Waals surface area contributed by atoms with E-state index in [1.807, 2.05) is 37.9 Å². The number of aromatic nitrogens is 1. The van der Waals surface area contributed by atoms with Crippen LogP contribution in [0.1, 0.15) is 39.2 Å². The van der Waals surface area contributed by atoms with Crippen molar-refractivity contribution in [2.45, 2.75) is 51.8 Å². The van der Waals surface area contributed by atoms with Crippen molar-refractivity contribution in [2.24, 2.45) is 0 Å². The second-order valence-electron chi connectivity index (χ2n) is 7.00. The van der Waals surface area contributed by atoms with Gasteiger partial charge in [-0.3, -0.25) is 9.88 Å². The molecule has 0 spiro atoms. The number of hydrogen-bond acceptors (Lipinski definition) is 4. The first-order valence-corrected chi connectivity index (χ1v) is 7.92. The highest BCUT2D eigenvalue weighted by Gasteiger charge is 2.29. The minimum atomic E-state index is -0.439. The Kier molecular flexibility index (Phi) is 5.40. The van der Waals surface area contributed by atoms with Gasteiger partial charge in [0.1, 0.15) is 5.60 Å². The largest absolute Gasteiger partial charge is 0.444 e. The van der Waals surface area contributed by atoms with E-state index >= 15 is 0 Å². The fourth-order valence-corrected chi connectivity index (χ4v) is 2.72. The minimum absolute atomic E-state index is 0.202. The lowest BCUT2D eigenvalue weighted by Crippen LogP contribution is -2.49. The molecule has 1 fully saturated rings. The lowest BCUT2D eigenvalue weighted by molar-refractivity contribution is 0.0121. The number of rotatable bonds is 3. The SMILES string of the molecule is CN(Cc1cccnc1)C1CCCN(C(=O)OC(C)(C)C)C1. The van der Waals surface area contributed by atoms with E-state index in [2.05, 4.69) is 23.0 Å². The molecule has 0 aliphatic carbocycles. The molecule has 1 aromatic rings. The smallest absolute Gasteiger partial charge is 0.410 e. The van der Waals surface area contributed by atoms with E-state index in [4.69, 9.17) is 4.74 Å². The highest BCUT2D eigenvalue weighted by Crippen LogP contribution is 2.19. The van der Waals surface area contributed by atoms with Crippen molar-refractivity contribution in [3.05, 3.63) is 30.1 Å². The lowest BCUT2D eigenvalue weighted by atomic mass is 10.0. The second kappa shape index (κ2) is 7.09. The minimum Gasteiger partial charge on any atom is -0.444 e. The van der Waals surface area contributed by atoms with Gasteiger partial charge in [0.05, 0.1) is 0 Å². The molecule has 5 nitrogen and oxygen atoms in total. The average Bonchev–Trinajstić information content (AvgIpc) is 2.46. The number of pyridine rings is 1. The van der Waals surface area contributed by atoms with Gasteiger partial charge in [0, 0.05) is 38.1 Å². The van der Waals surface area contributed by atoms with Crippen LogP contribution >= 0.6 is 0 Å². The number of likely N-dealkylation sites (tertiary alicyclic amines) is 1. The Hall–Kier alpha value is -1.62. The molecule has 1 aliphatic rings. The van der Waals surface area contributed by atoms with E-state index in [1.165, 1.54) is 5.56 Å². The molecule has 1 atom stereocenters. The van der Waals surface area contributed by atoms with Gasteiger partial charge in [-0.05, 0) is 52.3 Å². The number of amides is 1. The molecule has 5 heteroatoms. The van der Waals surface area contributed by atoms with E-state index in [1.54, 1.807) is 6.20 Å². The van der Waals surface area contributed by atoms with Crippen LogP contribution in [0.2, 0.25) is 0 Å². The number of nitrogens with zero attached hydrogens (tertiary/aromatic N) is 3. The van der Waals surface area contributed by atoms with Crippen LogP contribution in [0.3, 0.4) is 0 Å². The lowest BCUT2D eigenvalue weighted by Gasteiger charge is -2.38. The predicted molar refractivity (Wildman–Crippen MR) is 86.5 cm³/mol. The molecule has 2 heterocycles. The van der Waals surface area contributed by atoms with Crippen LogP contribution in [0.25, 0.3) is 0 Å². The van der Waals surface area contributed by atoms with Crippen LogP contribution in [-0.2, 0) is 11.3 Å². The van der Waals surface area contributed by atoms with Gasteiger partial charge in [0.2, 0.25) is 0 Å². The Bertz CT molecular complexity index is 484. The highest BCUT2D eigenvalue weighted by atomic mass is 16.6. The summed E-state index contributed by atoms with van der Waals surface area (Å²) in [5.41, 5.74) is 0.755. The normalized spacial score (nSPS) is 19.3. The zero-order valence-electron chi connectivity index (χ0n) is 14.1. The molecular formula is C17H27N3O2. The van der Waals surface area contributed by atoms with Crippen LogP contribution in [0, 0.1) is 0 Å². The maximum absolute atomic E-state index is 12.2. The Morgan fingerprint density at radius 3 is 2.91 bits per heavy atom. The van der Waals surface area contributed by atoms with Crippen molar-refractivity contribution >= 4 is 6.09 Å². The molecular weight excluding hydrogens is 278 g/mol. The molecule has 2 rings (SSSR count). The Balaban J connectivity index is 1.91. The molecule has 1 amide bonds. The molecule has 1 aliphatic heterocycles. The summed E-state index contributed by atoms with van der Waals surface area (Å²) in [6.45, 7) is 8.07. The second-order valence-corrected chi connectivity index (χ2v) is 7.00. The summed E-state index contributed by atoms with van der Waals surface area (Å²) in [5.74, 6) is 0. The Morgan fingerprint density at radius 1 is 1.50 bits per heavy atom. The van der Waals surface area contributed by atoms with Gasteiger partial charge < -0.3 is 9.64 Å². The third kappa shape index (κ3) is 4.98. The first kappa shape index (κ1) is 16.7. The standard InChI is InChI=1S/C17H27N3O2/c1-17(2,3)22-16(21)20-10-6-8-15(13-20)19(4)12-14-7-5-9-18-11-14/h5,7,9,11,15H,6,8,10,12-13H2,1-4H3. The third-order valence-corrected chi connectivity index (χ3v) is 3.83. The number of carbonyl (C=O) groups is 1. The average molecular weight is 305 g/mol. The Labute approximate surface area is 133 Å². The van der Waals surface area contributed by atoms with Crippen molar-refractivity contribution in [1.29, 1.82) is 0 Å². The third-order valence-electron chi connectivity index (χ3n) is 3.83. The molecule has 1 aromatic heterocycles. The Morgan fingerprint density at radius 2 is 2.27 bits per heavy atom. The van der Waals surface area contributed by atoms with Crippen molar-refractivity contribution in [3.8, 4) is 0 Å². The van der Waals surface area contributed by atoms with Crippen molar-refractivity contribution in [3.63, 3.8) is 0 Å². The number of likely N-dealkylation sites (N-methyl/N-ethyl adjacent to an activating group) is 1. The predicted octanol–water partition coefficient (Wildman–Crippen LogP) is 2.91. The molecule has 122 valence electrons. The molecule has 0 aromatic carbocycles. The molecule has 22 heavy (non-hydrogen) atoms. The van der Waals surface area contributed by atoms with Gasteiger partial charge in [-0.15, -0.1) is 0 Å². The van der Waals surface area contributed by atoms with Crippen LogP contribution in [0.4, 0.5) is 4.79 Å². The molecule has 0 N–H and O–H groups in total. The maximum Gasteiger partial charge on any atom is 0.410 e. The first-order chi connectivity index (χ1) is 10.3. The first-order valence-electron chi connectivity index (χ1n) is 7.92. The van der Waals surface area contributed by atoms with Crippen LogP contribution in [-0.4, -0.2) is 52.7 Å². The van der Waals surface area contributed by atoms with E-state index in [0.29, 0.717) is 6.04 Å². The van der Waals surface area contributed by atoms with Gasteiger partial charge in [-0.25, -0.2) is 4.79 Å². The highest BCUT2D eigenvalue weighted by molar-refractivity contribution is 5.68. The van der Waals surface area contributed by atoms with Gasteiger partial charge >= 0.3 is 6.09 Å². The summed E-state index contributed by atoms with van der Waals surface area (Å²) in [6, 6.07) is 4.40. The summed E-state index contributed by atoms with van der Waals surface area (Å²) in [5, 5.41) is 0. The molecule has 0 bridgehead atoms. The van der Waals surface area contributed by atoms with Gasteiger partial charge in [0.25, 0.3) is 0 Å². The maximum atomic E-state index is 12.2. The van der Waals surface area contributed by atoms with E-state index in [0.717, 1.165) is 32.5 Å². The quantitative estimate of drug-likeness (QED) is 0.861. The summed E-state index contributed by atoms with van der Waals surface area (Å²) in [4.78, 5) is 20.5. The zero-order valence-corrected chi connectivity index (χ0v) is 14.1. The zero-order chi connectivity index (χ0) is 16.2. The molecule has 0 saturated carbocycles. The molecule has 1 unspecified atom stereocenters. The van der Waals surface area contributed by atoms with E-state index in [9.17, 15) is 4.79 Å². The molecule has 0 radical (unpaired) electrons. The monoisotopic (exact) mass is 305 g/mol. The van der Waals surface area contributed by atoms with Crippen molar-refractivity contribution in [2.75, 3.05) is 20.1 Å². The van der Waals surface area contributed by atoms with Gasteiger partial charge in [-0.1, -0.05) is 6.07 Å². The number of piperidine rings is 1. The summed E-state index contributed by atoms with van der Waals surface area (Å²) in [6.07, 6.45) is 5.60. The number of carbonyl (C=O) groups excluding carboxylic acids is 1. The topological polar surface area (TPSA) is 45.7 Å². The van der Waals surface area contributed by atoms with Gasteiger partial charge in [0.15, 0.2) is 0 Å². The van der Waals surface area contributed by atoms with Crippen LogP contribution < -0.4 is 0 Å². The van der Waals surface area contributed by atoms with E-state index < -0.39 is 5.60 Å². The number of hydrogen-bond donors (Lipinski definition) is 0. The summed E-state index contributed by atoms with van der Waals surface area (Å²) >= 11 is 0. The fourth-order valence-electron chi connectivity index (χ4n) is 2.72. The molecule has 1 saturated heterocycles. The van der Waals surface area contributed by atoms with Gasteiger partial charge in [-0.2, -0.15) is 0 Å². The fraction of sp³-hybridized carbons (Fsp3) is 0.647. The van der Waals surface area contributed by atoms with Crippen molar-refractivity contribution < 1.29 is 9.53 Å². The number of ether oxygens (including phenoxy) is 1. The van der Waals surface area contributed by atoms with Crippen LogP contribution in [0.5, 0.6) is 0 Å². The van der Waals surface area contributed by atoms with Crippen LogP contribution in [0.15, 0.2) is 24.5 Å². The van der Waals surface area contributed by atoms with E-state index in [-0.39, 0.29) is 6.09 Å².